The molecule has 0 unspecified atom stereocenters. The van der Waals surface area contributed by atoms with Gasteiger partial charge in [-0.25, -0.2) is 0 Å². The van der Waals surface area contributed by atoms with E-state index in [0.29, 0.717) is 11.1 Å². The first-order valence-electron chi connectivity index (χ1n) is 11.2. The van der Waals surface area contributed by atoms with Gasteiger partial charge < -0.3 is 4.74 Å². The van der Waals surface area contributed by atoms with Crippen molar-refractivity contribution in [3.8, 4) is 5.75 Å². The van der Waals surface area contributed by atoms with Gasteiger partial charge in [0.1, 0.15) is 13.8 Å². The number of ether oxygens (including phenoxy) is 1. The molecule has 0 saturated heterocycles. The number of para-hydroxylation sites is 1. The Morgan fingerprint density at radius 2 is 1.43 bits per heavy atom. The molecule has 0 radical (unpaired) electrons. The molecule has 1 heterocycles. The maximum Gasteiger partial charge on any atom is 0.146 e. The molecule has 1 aromatic heterocycles. The lowest BCUT2D eigenvalue weighted by Gasteiger charge is -2.40. The van der Waals surface area contributed by atoms with E-state index in [2.05, 4.69) is 64.1 Å². The molecule has 0 saturated carbocycles. The lowest BCUT2D eigenvalue weighted by molar-refractivity contribution is 0.307. The maximum atomic E-state index is 5.89. The van der Waals surface area contributed by atoms with E-state index >= 15 is 0 Å². The van der Waals surface area contributed by atoms with Gasteiger partial charge in [0.2, 0.25) is 0 Å². The van der Waals surface area contributed by atoms with Gasteiger partial charge in [-0.15, -0.1) is 0 Å². The number of aromatic nitrogens is 1. The number of nitrogens with zero attached hydrogens (tertiary/aromatic N) is 1. The number of rotatable bonds is 10. The highest BCUT2D eigenvalue weighted by atomic mass is 28.3. The molecule has 3 rings (SSSR count). The molecule has 0 fully saturated rings. The maximum absolute atomic E-state index is 5.89. The predicted molar refractivity (Wildman–Crippen MR) is 131 cm³/mol. The van der Waals surface area contributed by atoms with Crippen molar-refractivity contribution >= 4 is 18.6 Å². The number of benzene rings is 2. The fourth-order valence-electron chi connectivity index (χ4n) is 4.89. The largest absolute Gasteiger partial charge is 0.494 e. The molecule has 0 N–H and O–H groups in total. The Kier molecular flexibility index (Phi) is 7.86. The number of aryl methyl sites for hydroxylation is 1. The fraction of sp³-hybridized carbons (Fsp3) is 0.370. The first kappa shape index (κ1) is 22.3. The molecule has 30 heavy (non-hydrogen) atoms. The van der Waals surface area contributed by atoms with Crippen LogP contribution in [-0.4, -0.2) is 19.7 Å². The Bertz CT molecular complexity index is 885. The smallest absolute Gasteiger partial charge is 0.146 e. The third-order valence-corrected chi connectivity index (χ3v) is 12.4. The zero-order valence-corrected chi connectivity index (χ0v) is 19.8. The van der Waals surface area contributed by atoms with Crippen LogP contribution >= 0.6 is 0 Å². The first-order chi connectivity index (χ1) is 14.6. The highest BCUT2D eigenvalue weighted by molar-refractivity contribution is 7.03. The molecular formula is C27H35NOSi. The van der Waals surface area contributed by atoms with E-state index in [0.717, 1.165) is 31.6 Å². The Hall–Kier alpha value is -2.39. The van der Waals surface area contributed by atoms with Crippen LogP contribution in [0.4, 0.5) is 0 Å². The van der Waals surface area contributed by atoms with E-state index in [1.807, 2.05) is 42.6 Å². The summed E-state index contributed by atoms with van der Waals surface area (Å²) < 4.78 is 5.89. The lowest BCUT2D eigenvalue weighted by atomic mass is 10.1. The standard InChI is InChI=1S/C27H35NOSi/c1-22(2)30(23(3)4,27-19-10-12-20-28-27)26-18-9-8-14-24(26)15-11-13-21-29-25-16-6-5-7-17-25/h5-10,12,14,16-20,22-23H,11,13,15,21H2,1-4H3. The Balaban J connectivity index is 1.79. The average Bonchev–Trinajstić information content (AvgIpc) is 2.76. The van der Waals surface area contributed by atoms with Gasteiger partial charge in [-0.2, -0.15) is 0 Å². The fourth-order valence-corrected chi connectivity index (χ4v) is 10.7. The highest BCUT2D eigenvalue weighted by Gasteiger charge is 2.45. The second kappa shape index (κ2) is 10.6. The quantitative estimate of drug-likeness (QED) is 0.304. The summed E-state index contributed by atoms with van der Waals surface area (Å²) in [5.41, 5.74) is 2.65. The lowest BCUT2D eigenvalue weighted by Crippen LogP contribution is -2.64. The molecule has 0 amide bonds. The van der Waals surface area contributed by atoms with Crippen molar-refractivity contribution in [1.82, 2.24) is 4.98 Å². The Morgan fingerprint density at radius 3 is 2.10 bits per heavy atom. The van der Waals surface area contributed by atoms with Crippen LogP contribution in [0, 0.1) is 0 Å². The molecule has 3 heteroatoms. The average molecular weight is 418 g/mol. The molecule has 0 bridgehead atoms. The molecule has 0 spiro atoms. The van der Waals surface area contributed by atoms with Gasteiger partial charge in [0.15, 0.2) is 0 Å². The van der Waals surface area contributed by atoms with Gasteiger partial charge in [-0.05, 0) is 65.4 Å². The van der Waals surface area contributed by atoms with Crippen LogP contribution in [0.1, 0.15) is 46.1 Å². The summed E-state index contributed by atoms with van der Waals surface area (Å²) in [6.07, 6.45) is 5.25. The van der Waals surface area contributed by atoms with Gasteiger partial charge in [-0.3, -0.25) is 4.98 Å². The van der Waals surface area contributed by atoms with E-state index in [-0.39, 0.29) is 0 Å². The molecule has 158 valence electrons. The molecule has 0 aliphatic heterocycles. The van der Waals surface area contributed by atoms with Crippen molar-refractivity contribution in [1.29, 1.82) is 0 Å². The number of unbranched alkanes of at least 4 members (excludes halogenated alkanes) is 1. The van der Waals surface area contributed by atoms with Crippen molar-refractivity contribution < 1.29 is 4.74 Å². The van der Waals surface area contributed by atoms with E-state index in [9.17, 15) is 0 Å². The summed E-state index contributed by atoms with van der Waals surface area (Å²) in [4.78, 5) is 4.90. The summed E-state index contributed by atoms with van der Waals surface area (Å²) in [6, 6.07) is 25.7. The van der Waals surface area contributed by atoms with Gasteiger partial charge in [0, 0.05) is 11.5 Å². The number of hydrogen-bond donors (Lipinski definition) is 0. The van der Waals surface area contributed by atoms with E-state index in [4.69, 9.17) is 9.72 Å². The number of pyridine rings is 1. The van der Waals surface area contributed by atoms with Crippen LogP contribution in [0.2, 0.25) is 11.1 Å². The minimum absolute atomic E-state index is 0.579. The molecule has 0 aliphatic carbocycles. The van der Waals surface area contributed by atoms with E-state index in [1.54, 1.807) is 5.19 Å². The van der Waals surface area contributed by atoms with Crippen LogP contribution < -0.4 is 15.2 Å². The van der Waals surface area contributed by atoms with Crippen LogP contribution in [-0.2, 0) is 6.42 Å². The summed E-state index contributed by atoms with van der Waals surface area (Å²) in [6.45, 7) is 10.3. The summed E-state index contributed by atoms with van der Waals surface area (Å²) in [7, 11) is -2.01. The minimum atomic E-state index is -2.01. The molecule has 2 nitrogen and oxygen atoms in total. The van der Waals surface area contributed by atoms with Crippen LogP contribution in [0.3, 0.4) is 0 Å². The van der Waals surface area contributed by atoms with Gasteiger partial charge in [-0.1, -0.05) is 76.2 Å². The predicted octanol–water partition coefficient (Wildman–Crippen LogP) is 5.87. The van der Waals surface area contributed by atoms with E-state index < -0.39 is 8.07 Å². The number of hydrogen-bond acceptors (Lipinski definition) is 2. The van der Waals surface area contributed by atoms with Crippen molar-refractivity contribution in [3.63, 3.8) is 0 Å². The van der Waals surface area contributed by atoms with E-state index in [1.165, 1.54) is 10.9 Å². The minimum Gasteiger partial charge on any atom is -0.494 e. The zero-order valence-electron chi connectivity index (χ0n) is 18.8. The molecule has 0 aliphatic rings. The normalized spacial score (nSPS) is 11.8. The zero-order chi connectivity index (χ0) is 21.4. The van der Waals surface area contributed by atoms with Gasteiger partial charge >= 0.3 is 0 Å². The highest BCUT2D eigenvalue weighted by Crippen LogP contribution is 2.32. The van der Waals surface area contributed by atoms with Crippen LogP contribution in [0.25, 0.3) is 0 Å². The second-order valence-electron chi connectivity index (χ2n) is 8.67. The summed E-state index contributed by atoms with van der Waals surface area (Å²) in [5.74, 6) is 0.957. The van der Waals surface area contributed by atoms with Crippen LogP contribution in [0.5, 0.6) is 5.75 Å². The van der Waals surface area contributed by atoms with Crippen molar-refractivity contribution in [2.45, 2.75) is 58.0 Å². The van der Waals surface area contributed by atoms with Gasteiger partial charge in [0.05, 0.1) is 6.61 Å². The SMILES string of the molecule is CC(C)[Si](c1ccccn1)(c1ccccc1CCCCOc1ccccc1)C(C)C. The third-order valence-electron chi connectivity index (χ3n) is 6.23. The van der Waals surface area contributed by atoms with Crippen molar-refractivity contribution in [2.75, 3.05) is 6.61 Å². The molecular weight excluding hydrogens is 382 g/mol. The molecule has 0 atom stereocenters. The second-order valence-corrected chi connectivity index (χ2v) is 13.8. The monoisotopic (exact) mass is 417 g/mol. The Morgan fingerprint density at radius 1 is 0.767 bits per heavy atom. The Labute approximate surface area is 183 Å². The van der Waals surface area contributed by atoms with Crippen LogP contribution in [0.15, 0.2) is 79.0 Å². The third kappa shape index (κ3) is 4.84. The van der Waals surface area contributed by atoms with Crippen molar-refractivity contribution in [2.24, 2.45) is 0 Å². The molecule has 2 aromatic carbocycles. The topological polar surface area (TPSA) is 22.1 Å². The summed E-state index contributed by atoms with van der Waals surface area (Å²) in [5, 5.41) is 2.88. The molecule has 3 aromatic rings. The first-order valence-corrected chi connectivity index (χ1v) is 13.4. The van der Waals surface area contributed by atoms with Gasteiger partial charge in [0.25, 0.3) is 0 Å². The summed E-state index contributed by atoms with van der Waals surface area (Å²) >= 11 is 0. The van der Waals surface area contributed by atoms with Crippen molar-refractivity contribution in [3.05, 3.63) is 84.6 Å².